The van der Waals surface area contributed by atoms with Gasteiger partial charge in [0.2, 0.25) is 0 Å². The molecule has 2 unspecified atom stereocenters. The molecule has 0 amide bonds. The van der Waals surface area contributed by atoms with E-state index in [0.717, 1.165) is 38.3 Å². The first-order chi connectivity index (χ1) is 12.1. The highest BCUT2D eigenvalue weighted by atomic mass is 16.4. The maximum Gasteiger partial charge on any atom is 0.325 e. The van der Waals surface area contributed by atoms with Crippen LogP contribution >= 0.6 is 0 Å². The van der Waals surface area contributed by atoms with Crippen molar-refractivity contribution >= 4 is 5.97 Å². The number of carboxylic acids is 1. The minimum Gasteiger partial charge on any atom is -0.480 e. The molecule has 0 aromatic heterocycles. The molecule has 2 aromatic carbocycles. The van der Waals surface area contributed by atoms with Crippen LogP contribution < -0.4 is 0 Å². The van der Waals surface area contributed by atoms with Gasteiger partial charge in [0.15, 0.2) is 0 Å². The van der Waals surface area contributed by atoms with Crippen molar-refractivity contribution in [2.24, 2.45) is 0 Å². The van der Waals surface area contributed by atoms with E-state index < -0.39 is 12.0 Å². The molecule has 4 nitrogen and oxygen atoms in total. The fraction of sp³-hybridized carbons (Fsp3) is 0.381. The second-order valence-electron chi connectivity index (χ2n) is 6.80. The van der Waals surface area contributed by atoms with Crippen molar-refractivity contribution in [3.8, 4) is 0 Å². The van der Waals surface area contributed by atoms with Crippen molar-refractivity contribution in [2.75, 3.05) is 32.7 Å². The van der Waals surface area contributed by atoms with Crippen molar-refractivity contribution < 1.29 is 9.90 Å². The fourth-order valence-electron chi connectivity index (χ4n) is 3.62. The van der Waals surface area contributed by atoms with Crippen LogP contribution in [0.15, 0.2) is 60.7 Å². The molecule has 0 spiro atoms. The third-order valence-corrected chi connectivity index (χ3v) is 5.02. The summed E-state index contributed by atoms with van der Waals surface area (Å²) in [6, 6.07) is 19.6. The highest BCUT2D eigenvalue weighted by Gasteiger charge is 2.30. The van der Waals surface area contributed by atoms with Crippen molar-refractivity contribution in [3.05, 3.63) is 71.8 Å². The average molecular weight is 338 g/mol. The minimum absolute atomic E-state index is 0.483. The van der Waals surface area contributed by atoms with Gasteiger partial charge in [0.25, 0.3) is 0 Å². The first-order valence-corrected chi connectivity index (χ1v) is 8.94. The predicted molar refractivity (Wildman–Crippen MR) is 99.7 cm³/mol. The van der Waals surface area contributed by atoms with E-state index in [9.17, 15) is 9.90 Å². The van der Waals surface area contributed by atoms with Crippen LogP contribution in [-0.4, -0.2) is 53.6 Å². The lowest BCUT2D eigenvalue weighted by molar-refractivity contribution is -0.144. The Hall–Kier alpha value is -2.17. The summed E-state index contributed by atoms with van der Waals surface area (Å²) in [4.78, 5) is 16.3. The monoisotopic (exact) mass is 338 g/mol. The Labute approximate surface area is 149 Å². The molecular formula is C21H26N2O2. The molecule has 2 aromatic rings. The maximum atomic E-state index is 11.8. The van der Waals surface area contributed by atoms with Crippen LogP contribution in [0.25, 0.3) is 0 Å². The van der Waals surface area contributed by atoms with Crippen LogP contribution in [0, 0.1) is 0 Å². The molecule has 0 aliphatic carbocycles. The molecule has 1 fully saturated rings. The number of hydrogen-bond acceptors (Lipinski definition) is 3. The van der Waals surface area contributed by atoms with Crippen molar-refractivity contribution in [1.29, 1.82) is 0 Å². The Morgan fingerprint density at radius 3 is 1.96 bits per heavy atom. The summed E-state index contributed by atoms with van der Waals surface area (Å²) in [5.41, 5.74) is 2.22. The van der Waals surface area contributed by atoms with E-state index in [1.54, 1.807) is 0 Å². The number of benzene rings is 2. The number of piperazine rings is 1. The molecule has 4 heteroatoms. The topological polar surface area (TPSA) is 43.8 Å². The van der Waals surface area contributed by atoms with Gasteiger partial charge < -0.3 is 10.0 Å². The van der Waals surface area contributed by atoms with Crippen molar-refractivity contribution in [1.82, 2.24) is 9.80 Å². The lowest BCUT2D eigenvalue weighted by atomic mass is 10.00. The quantitative estimate of drug-likeness (QED) is 0.878. The van der Waals surface area contributed by atoms with Gasteiger partial charge in [-0.15, -0.1) is 0 Å². The second kappa shape index (κ2) is 8.28. The van der Waals surface area contributed by atoms with E-state index in [1.165, 1.54) is 5.56 Å². The summed E-state index contributed by atoms with van der Waals surface area (Å²) >= 11 is 0. The average Bonchev–Trinajstić information content (AvgIpc) is 2.65. The van der Waals surface area contributed by atoms with Gasteiger partial charge >= 0.3 is 5.97 Å². The number of nitrogens with zero attached hydrogens (tertiary/aromatic N) is 2. The molecule has 1 saturated heterocycles. The molecule has 2 atom stereocenters. The standard InChI is InChI=1S/C21H26N2O2/c1-17(18-8-4-2-5-9-18)16-22-12-14-23(15-13-22)20(21(24)25)19-10-6-3-7-11-19/h2-11,17,20H,12-16H2,1H3,(H,24,25). The molecule has 3 rings (SSSR count). The summed E-state index contributed by atoms with van der Waals surface area (Å²) in [7, 11) is 0. The molecule has 1 N–H and O–H groups in total. The predicted octanol–water partition coefficient (Wildman–Crippen LogP) is 3.23. The van der Waals surface area contributed by atoms with Gasteiger partial charge in [-0.2, -0.15) is 0 Å². The van der Waals surface area contributed by atoms with Crippen molar-refractivity contribution in [3.63, 3.8) is 0 Å². The number of rotatable bonds is 6. The number of carboxylic acid groups (broad SMARTS) is 1. The van der Waals surface area contributed by atoms with Crippen LogP contribution in [0.1, 0.15) is 30.0 Å². The highest BCUT2D eigenvalue weighted by molar-refractivity contribution is 5.75. The zero-order valence-corrected chi connectivity index (χ0v) is 14.7. The highest BCUT2D eigenvalue weighted by Crippen LogP contribution is 2.23. The summed E-state index contributed by atoms with van der Waals surface area (Å²) in [6.45, 7) is 6.66. The van der Waals surface area contributed by atoms with Gasteiger partial charge in [-0.05, 0) is 17.0 Å². The molecule has 0 saturated carbocycles. The van der Waals surface area contributed by atoms with E-state index >= 15 is 0 Å². The van der Waals surface area contributed by atoms with Crippen LogP contribution in [-0.2, 0) is 4.79 Å². The SMILES string of the molecule is CC(CN1CCN(C(C(=O)O)c2ccccc2)CC1)c1ccccc1. The van der Waals surface area contributed by atoms with Gasteiger partial charge in [-0.3, -0.25) is 9.69 Å². The number of carbonyl (C=O) groups is 1. The normalized spacial score (nSPS) is 18.6. The lowest BCUT2D eigenvalue weighted by Gasteiger charge is -2.38. The molecule has 1 aliphatic rings. The van der Waals surface area contributed by atoms with Crippen LogP contribution in [0.5, 0.6) is 0 Å². The van der Waals surface area contributed by atoms with Gasteiger partial charge in [-0.1, -0.05) is 67.6 Å². The number of aliphatic carboxylic acids is 1. The lowest BCUT2D eigenvalue weighted by Crippen LogP contribution is -2.49. The first-order valence-electron chi connectivity index (χ1n) is 8.94. The Bertz CT molecular complexity index is 667. The molecule has 25 heavy (non-hydrogen) atoms. The van der Waals surface area contributed by atoms with E-state index in [1.807, 2.05) is 36.4 Å². The summed E-state index contributed by atoms with van der Waals surface area (Å²) in [5.74, 6) is -0.283. The van der Waals surface area contributed by atoms with Crippen LogP contribution in [0.2, 0.25) is 0 Å². The molecule has 0 bridgehead atoms. The van der Waals surface area contributed by atoms with Gasteiger partial charge in [0, 0.05) is 32.7 Å². The fourth-order valence-corrected chi connectivity index (χ4v) is 3.62. The molecule has 132 valence electrons. The molecule has 0 radical (unpaired) electrons. The van der Waals surface area contributed by atoms with E-state index in [2.05, 4.69) is 41.0 Å². The van der Waals surface area contributed by atoms with Gasteiger partial charge in [-0.25, -0.2) is 0 Å². The van der Waals surface area contributed by atoms with E-state index in [0.29, 0.717) is 5.92 Å². The molecule has 1 heterocycles. The Morgan fingerprint density at radius 2 is 1.44 bits per heavy atom. The van der Waals surface area contributed by atoms with E-state index in [-0.39, 0.29) is 0 Å². The third kappa shape index (κ3) is 4.47. The Kier molecular flexibility index (Phi) is 5.84. The zero-order chi connectivity index (χ0) is 17.6. The molecular weight excluding hydrogens is 312 g/mol. The second-order valence-corrected chi connectivity index (χ2v) is 6.80. The van der Waals surface area contributed by atoms with Gasteiger partial charge in [0.1, 0.15) is 6.04 Å². The van der Waals surface area contributed by atoms with Gasteiger partial charge in [0.05, 0.1) is 0 Å². The van der Waals surface area contributed by atoms with E-state index in [4.69, 9.17) is 0 Å². The smallest absolute Gasteiger partial charge is 0.325 e. The zero-order valence-electron chi connectivity index (χ0n) is 14.7. The summed E-state index contributed by atoms with van der Waals surface area (Å²) in [5, 5.41) is 9.68. The molecule has 1 aliphatic heterocycles. The summed E-state index contributed by atoms with van der Waals surface area (Å²) < 4.78 is 0. The first kappa shape index (κ1) is 17.6. The number of hydrogen-bond donors (Lipinski definition) is 1. The van der Waals surface area contributed by atoms with Crippen LogP contribution in [0.4, 0.5) is 0 Å². The Morgan fingerprint density at radius 1 is 0.920 bits per heavy atom. The minimum atomic E-state index is -0.766. The summed E-state index contributed by atoms with van der Waals surface area (Å²) in [6.07, 6.45) is 0. The Balaban J connectivity index is 1.58. The third-order valence-electron chi connectivity index (χ3n) is 5.02. The van der Waals surface area contributed by atoms with Crippen LogP contribution in [0.3, 0.4) is 0 Å². The maximum absolute atomic E-state index is 11.8. The largest absolute Gasteiger partial charge is 0.480 e. The van der Waals surface area contributed by atoms with Crippen molar-refractivity contribution in [2.45, 2.75) is 18.9 Å².